The first kappa shape index (κ1) is 19.4. The molecule has 0 aliphatic heterocycles. The lowest BCUT2D eigenvalue weighted by atomic mass is 10.1. The number of halogens is 1. The number of aromatic nitrogens is 3. The molecule has 0 saturated heterocycles. The Kier molecular flexibility index (Phi) is 6.21. The summed E-state index contributed by atoms with van der Waals surface area (Å²) in [4.78, 5) is 12.0. The molecular formula is C18H25FN4OS. The van der Waals surface area contributed by atoms with Crippen LogP contribution in [0.15, 0.2) is 29.4 Å². The van der Waals surface area contributed by atoms with Gasteiger partial charge in [-0.05, 0) is 38.8 Å². The highest BCUT2D eigenvalue weighted by Crippen LogP contribution is 2.26. The zero-order chi connectivity index (χ0) is 18.6. The van der Waals surface area contributed by atoms with E-state index in [1.807, 2.05) is 25.3 Å². The van der Waals surface area contributed by atoms with Gasteiger partial charge >= 0.3 is 0 Å². The van der Waals surface area contributed by atoms with E-state index in [0.717, 1.165) is 0 Å². The van der Waals surface area contributed by atoms with Crippen molar-refractivity contribution in [2.75, 3.05) is 5.75 Å². The molecule has 1 N–H and O–H groups in total. The SMILES string of the molecule is CC(C)Cn1c(SCC(=O)NC(C)(C)C)nnc1-c1ccccc1F. The van der Waals surface area contributed by atoms with Crippen molar-refractivity contribution in [3.8, 4) is 11.4 Å². The Morgan fingerprint density at radius 2 is 1.96 bits per heavy atom. The number of nitrogens with one attached hydrogen (secondary N) is 1. The first-order valence-corrected chi connectivity index (χ1v) is 9.28. The van der Waals surface area contributed by atoms with Crippen molar-refractivity contribution in [3.63, 3.8) is 0 Å². The van der Waals surface area contributed by atoms with E-state index in [2.05, 4.69) is 29.4 Å². The van der Waals surface area contributed by atoms with Crippen molar-refractivity contribution in [1.29, 1.82) is 0 Å². The van der Waals surface area contributed by atoms with Gasteiger partial charge in [0.1, 0.15) is 5.82 Å². The fraction of sp³-hybridized carbons (Fsp3) is 0.500. The van der Waals surface area contributed by atoms with Crippen LogP contribution in [0.4, 0.5) is 4.39 Å². The van der Waals surface area contributed by atoms with Crippen LogP contribution in [0.2, 0.25) is 0 Å². The molecule has 1 aromatic heterocycles. The fourth-order valence-corrected chi connectivity index (χ4v) is 3.10. The van der Waals surface area contributed by atoms with Crippen molar-refractivity contribution in [3.05, 3.63) is 30.1 Å². The maximum atomic E-state index is 14.1. The number of thioether (sulfide) groups is 1. The molecule has 136 valence electrons. The molecule has 25 heavy (non-hydrogen) atoms. The third-order valence-corrected chi connectivity index (χ3v) is 4.19. The lowest BCUT2D eigenvalue weighted by Gasteiger charge is -2.20. The van der Waals surface area contributed by atoms with E-state index in [0.29, 0.717) is 29.0 Å². The summed E-state index contributed by atoms with van der Waals surface area (Å²) < 4.78 is 16.0. The summed E-state index contributed by atoms with van der Waals surface area (Å²) in [5.41, 5.74) is 0.142. The van der Waals surface area contributed by atoms with E-state index in [1.54, 1.807) is 18.2 Å². The van der Waals surface area contributed by atoms with Crippen molar-refractivity contribution in [2.45, 2.75) is 51.9 Å². The molecule has 0 aliphatic carbocycles. The number of nitrogens with zero attached hydrogens (tertiary/aromatic N) is 3. The van der Waals surface area contributed by atoms with Gasteiger partial charge in [0.2, 0.25) is 5.91 Å². The van der Waals surface area contributed by atoms with E-state index in [9.17, 15) is 9.18 Å². The number of hydrogen-bond donors (Lipinski definition) is 1. The number of amides is 1. The molecule has 1 amide bonds. The van der Waals surface area contributed by atoms with Gasteiger partial charge in [-0.15, -0.1) is 10.2 Å². The lowest BCUT2D eigenvalue weighted by molar-refractivity contribution is -0.119. The molecule has 0 fully saturated rings. The van der Waals surface area contributed by atoms with Gasteiger partial charge in [-0.2, -0.15) is 0 Å². The molecule has 0 radical (unpaired) electrons. The molecule has 5 nitrogen and oxygen atoms in total. The highest BCUT2D eigenvalue weighted by Gasteiger charge is 2.20. The highest BCUT2D eigenvalue weighted by molar-refractivity contribution is 7.99. The Bertz CT molecular complexity index is 737. The van der Waals surface area contributed by atoms with E-state index in [4.69, 9.17) is 0 Å². The molecule has 2 rings (SSSR count). The predicted octanol–water partition coefficient (Wildman–Crippen LogP) is 3.75. The minimum atomic E-state index is -0.332. The van der Waals surface area contributed by atoms with Crippen LogP contribution >= 0.6 is 11.8 Å². The summed E-state index contributed by atoms with van der Waals surface area (Å²) in [7, 11) is 0. The second-order valence-electron chi connectivity index (χ2n) is 7.38. The Morgan fingerprint density at radius 1 is 1.28 bits per heavy atom. The molecule has 0 aliphatic rings. The molecule has 0 saturated carbocycles. The topological polar surface area (TPSA) is 59.8 Å². The number of benzene rings is 1. The highest BCUT2D eigenvalue weighted by atomic mass is 32.2. The van der Waals surface area contributed by atoms with Crippen LogP contribution in [0.25, 0.3) is 11.4 Å². The average molecular weight is 364 g/mol. The minimum absolute atomic E-state index is 0.0657. The van der Waals surface area contributed by atoms with Crippen molar-refractivity contribution in [2.24, 2.45) is 5.92 Å². The minimum Gasteiger partial charge on any atom is -0.351 e. The molecule has 1 aromatic carbocycles. The lowest BCUT2D eigenvalue weighted by Crippen LogP contribution is -2.41. The molecule has 2 aromatic rings. The third-order valence-electron chi connectivity index (χ3n) is 3.23. The number of rotatable bonds is 6. The maximum Gasteiger partial charge on any atom is 0.230 e. The number of carbonyl (C=O) groups is 1. The van der Waals surface area contributed by atoms with Crippen LogP contribution in [-0.2, 0) is 11.3 Å². The average Bonchev–Trinajstić information content (AvgIpc) is 2.86. The molecular weight excluding hydrogens is 339 g/mol. The van der Waals surface area contributed by atoms with Crippen LogP contribution in [0.1, 0.15) is 34.6 Å². The normalized spacial score (nSPS) is 11.8. The fourth-order valence-electron chi connectivity index (χ4n) is 2.35. The Balaban J connectivity index is 2.24. The molecule has 0 bridgehead atoms. The van der Waals surface area contributed by atoms with Gasteiger partial charge in [-0.25, -0.2) is 4.39 Å². The first-order chi connectivity index (χ1) is 11.7. The number of hydrogen-bond acceptors (Lipinski definition) is 4. The standard InChI is InChI=1S/C18H25FN4OS/c1-12(2)10-23-16(13-8-6-7-9-14(13)19)21-22-17(23)25-11-15(24)20-18(3,4)5/h6-9,12H,10-11H2,1-5H3,(H,20,24). The van der Waals surface area contributed by atoms with Gasteiger partial charge in [-0.3, -0.25) is 4.79 Å². The van der Waals surface area contributed by atoms with E-state index >= 15 is 0 Å². The molecule has 1 heterocycles. The second kappa shape index (κ2) is 7.99. The van der Waals surface area contributed by atoms with Crippen molar-refractivity contribution >= 4 is 17.7 Å². The Morgan fingerprint density at radius 3 is 2.56 bits per heavy atom. The quantitative estimate of drug-likeness (QED) is 0.793. The maximum absolute atomic E-state index is 14.1. The number of carbonyl (C=O) groups excluding carboxylic acids is 1. The summed E-state index contributed by atoms with van der Waals surface area (Å²) in [5, 5.41) is 11.9. The summed E-state index contributed by atoms with van der Waals surface area (Å²) in [6, 6.07) is 6.52. The summed E-state index contributed by atoms with van der Waals surface area (Å²) in [6.45, 7) is 10.6. The summed E-state index contributed by atoms with van der Waals surface area (Å²) in [5.74, 6) is 0.672. The zero-order valence-corrected chi connectivity index (χ0v) is 16.2. The van der Waals surface area contributed by atoms with Gasteiger partial charge in [0.05, 0.1) is 11.3 Å². The van der Waals surface area contributed by atoms with E-state index in [-0.39, 0.29) is 23.0 Å². The first-order valence-electron chi connectivity index (χ1n) is 8.29. The predicted molar refractivity (Wildman–Crippen MR) is 98.9 cm³/mol. The van der Waals surface area contributed by atoms with Crippen molar-refractivity contribution < 1.29 is 9.18 Å². The van der Waals surface area contributed by atoms with Crippen LogP contribution in [-0.4, -0.2) is 32.0 Å². The molecule has 0 spiro atoms. The van der Waals surface area contributed by atoms with E-state index < -0.39 is 0 Å². The Labute approximate surface area is 152 Å². The smallest absolute Gasteiger partial charge is 0.230 e. The Hall–Kier alpha value is -1.89. The van der Waals surface area contributed by atoms with E-state index in [1.165, 1.54) is 17.8 Å². The van der Waals surface area contributed by atoms with Gasteiger partial charge in [0.15, 0.2) is 11.0 Å². The third kappa shape index (κ3) is 5.56. The van der Waals surface area contributed by atoms with Crippen LogP contribution in [0, 0.1) is 11.7 Å². The monoisotopic (exact) mass is 364 g/mol. The van der Waals surface area contributed by atoms with Gasteiger partial charge in [0.25, 0.3) is 0 Å². The second-order valence-corrected chi connectivity index (χ2v) is 8.32. The van der Waals surface area contributed by atoms with Gasteiger partial charge < -0.3 is 9.88 Å². The van der Waals surface area contributed by atoms with Gasteiger partial charge in [0, 0.05) is 12.1 Å². The van der Waals surface area contributed by atoms with Crippen LogP contribution in [0.5, 0.6) is 0 Å². The molecule has 7 heteroatoms. The summed E-state index contributed by atoms with van der Waals surface area (Å²) >= 11 is 1.31. The van der Waals surface area contributed by atoms with Crippen LogP contribution in [0.3, 0.4) is 0 Å². The van der Waals surface area contributed by atoms with Gasteiger partial charge in [-0.1, -0.05) is 37.7 Å². The zero-order valence-electron chi connectivity index (χ0n) is 15.3. The molecule has 0 unspecified atom stereocenters. The largest absolute Gasteiger partial charge is 0.351 e. The van der Waals surface area contributed by atoms with Crippen molar-refractivity contribution in [1.82, 2.24) is 20.1 Å². The van der Waals surface area contributed by atoms with Crippen LogP contribution < -0.4 is 5.32 Å². The molecule has 0 atom stereocenters. The summed E-state index contributed by atoms with van der Waals surface area (Å²) in [6.07, 6.45) is 0.